The van der Waals surface area contributed by atoms with Gasteiger partial charge in [-0.25, -0.2) is 0 Å². The lowest BCUT2D eigenvalue weighted by Gasteiger charge is -1.93. The molecule has 11 heavy (non-hydrogen) atoms. The van der Waals surface area contributed by atoms with Crippen molar-refractivity contribution in [3.8, 4) is 0 Å². The van der Waals surface area contributed by atoms with Gasteiger partial charge >= 0.3 is 0 Å². The average molecular weight is 148 g/mol. The summed E-state index contributed by atoms with van der Waals surface area (Å²) in [5, 5.41) is 2.81. The zero-order valence-corrected chi connectivity index (χ0v) is 6.66. The van der Waals surface area contributed by atoms with Crippen LogP contribution in [0, 0.1) is 10.8 Å². The molecule has 2 heteroatoms. The molecule has 0 saturated carbocycles. The molecule has 56 valence electrons. The second-order valence-corrected chi connectivity index (χ2v) is 2.64. The fraction of sp³-hybridized carbons (Fsp3) is 0.222. The molecule has 0 radical (unpaired) electrons. The van der Waals surface area contributed by atoms with Crippen molar-refractivity contribution in [3.05, 3.63) is 40.7 Å². The highest BCUT2D eigenvalue weighted by molar-refractivity contribution is 5.41. The molecule has 0 N–H and O–H groups in total. The molecule has 0 aromatic heterocycles. The maximum atomic E-state index is 10.0. The van der Waals surface area contributed by atoms with Crippen LogP contribution in [0.2, 0.25) is 0 Å². The van der Waals surface area contributed by atoms with Gasteiger partial charge in [-0.1, -0.05) is 0 Å². The van der Waals surface area contributed by atoms with E-state index >= 15 is 0 Å². The zero-order valence-electron chi connectivity index (χ0n) is 6.66. The molecule has 0 atom stereocenters. The van der Waals surface area contributed by atoms with E-state index in [2.05, 4.69) is 5.18 Å². The average Bonchev–Trinajstić information content (AvgIpc) is 2.05. The van der Waals surface area contributed by atoms with E-state index in [1.165, 1.54) is 5.92 Å². The van der Waals surface area contributed by atoms with Crippen molar-refractivity contribution >= 4 is 5.69 Å². The van der Waals surface area contributed by atoms with Crippen LogP contribution < -0.4 is 0 Å². The predicted molar refractivity (Wildman–Crippen MR) is 45.6 cm³/mol. The number of nitrogens with zero attached hydrogens (tertiary/aromatic N) is 1. The molecule has 0 amide bonds. The van der Waals surface area contributed by atoms with Crippen LogP contribution in [0.5, 0.6) is 0 Å². The van der Waals surface area contributed by atoms with Crippen LogP contribution in [0.3, 0.4) is 0 Å². The van der Waals surface area contributed by atoms with Crippen molar-refractivity contribution < 1.29 is 0 Å². The Morgan fingerprint density at radius 2 is 1.73 bits per heavy atom. The molecular weight excluding hydrogens is 138 g/mol. The lowest BCUT2D eigenvalue weighted by Crippen LogP contribution is -1.85. The molecule has 0 heterocycles. The second kappa shape index (κ2) is 3.19. The lowest BCUT2D eigenvalue weighted by atomic mass is 10.0. The summed E-state index contributed by atoms with van der Waals surface area (Å²) < 4.78 is 0. The van der Waals surface area contributed by atoms with Crippen molar-refractivity contribution in [3.63, 3.8) is 0 Å². The maximum Gasteiger partial charge on any atom is 0.134 e. The topological polar surface area (TPSA) is 29.4 Å². The number of nitroso groups, excluding NO2 is 1. The Kier molecular flexibility index (Phi) is 2.26. The highest BCUT2D eigenvalue weighted by atomic mass is 16.3. The molecule has 0 saturated heterocycles. The van der Waals surface area contributed by atoms with Crippen molar-refractivity contribution in [2.45, 2.75) is 13.8 Å². The highest BCUT2D eigenvalue weighted by Crippen LogP contribution is 2.17. The van der Waals surface area contributed by atoms with Gasteiger partial charge in [-0.3, -0.25) is 0 Å². The van der Waals surface area contributed by atoms with Gasteiger partial charge in [0.1, 0.15) is 11.3 Å². The predicted octanol–water partition coefficient (Wildman–Crippen LogP) is 3.05. The van der Waals surface area contributed by atoms with E-state index in [1.54, 1.807) is 12.1 Å². The maximum absolute atomic E-state index is 10.0. The first kappa shape index (κ1) is 7.79. The summed E-state index contributed by atoms with van der Waals surface area (Å²) in [4.78, 5) is 10.0. The van der Waals surface area contributed by atoms with Gasteiger partial charge in [0.15, 0.2) is 0 Å². The van der Waals surface area contributed by atoms with E-state index in [4.69, 9.17) is 0 Å². The monoisotopic (exact) mass is 148 g/mol. The second-order valence-electron chi connectivity index (χ2n) is 2.64. The molecule has 1 aromatic rings. The van der Waals surface area contributed by atoms with Gasteiger partial charge in [-0.15, -0.1) is 4.91 Å². The summed E-state index contributed by atoms with van der Waals surface area (Å²) in [5.41, 5.74) is 1.63. The Hall–Kier alpha value is -1.31. The minimum absolute atomic E-state index is 0.481. The zero-order chi connectivity index (χ0) is 8.27. The fourth-order valence-electron chi connectivity index (χ4n) is 0.856. The number of hydrogen-bond donors (Lipinski definition) is 0. The summed E-state index contributed by atoms with van der Waals surface area (Å²) >= 11 is 0. The largest absolute Gasteiger partial charge is 0.145 e. The summed E-state index contributed by atoms with van der Waals surface area (Å²) in [7, 11) is 0. The number of hydrogen-bond acceptors (Lipinski definition) is 2. The first-order chi connectivity index (χ1) is 5.24. The third-order valence-electron chi connectivity index (χ3n) is 1.55. The first-order valence-electron chi connectivity index (χ1n) is 3.48. The summed E-state index contributed by atoms with van der Waals surface area (Å²) in [6.45, 7) is 4.06. The van der Waals surface area contributed by atoms with Gasteiger partial charge in [0.25, 0.3) is 0 Å². The Bertz CT molecular complexity index is 238. The van der Waals surface area contributed by atoms with Crippen molar-refractivity contribution in [1.82, 2.24) is 0 Å². The smallest absolute Gasteiger partial charge is 0.134 e. The van der Waals surface area contributed by atoms with Crippen LogP contribution in [0.1, 0.15) is 19.4 Å². The Balaban J connectivity index is 2.91. The van der Waals surface area contributed by atoms with E-state index in [0.717, 1.165) is 5.56 Å². The minimum Gasteiger partial charge on any atom is -0.145 e. The Morgan fingerprint density at radius 1 is 1.18 bits per heavy atom. The van der Waals surface area contributed by atoms with Crippen LogP contribution in [0.4, 0.5) is 5.69 Å². The number of benzene rings is 1. The molecule has 0 bridgehead atoms. The Labute approximate surface area is 66.2 Å². The van der Waals surface area contributed by atoms with Crippen LogP contribution >= 0.6 is 0 Å². The van der Waals surface area contributed by atoms with Gasteiger partial charge in [-0.05, 0) is 5.18 Å². The molecule has 2 nitrogen and oxygen atoms in total. The number of rotatable bonds is 2. The quantitative estimate of drug-likeness (QED) is 0.468. The van der Waals surface area contributed by atoms with Gasteiger partial charge in [0.05, 0.1) is 0 Å². The SMILES string of the molecule is C[C+](C)c1ccc(N=O)cc1. The molecule has 0 aliphatic rings. The van der Waals surface area contributed by atoms with Crippen LogP contribution in [0.25, 0.3) is 0 Å². The fourth-order valence-corrected chi connectivity index (χ4v) is 0.856. The highest BCUT2D eigenvalue weighted by Gasteiger charge is 2.06. The van der Waals surface area contributed by atoms with E-state index in [1.807, 2.05) is 26.0 Å². The normalized spacial score (nSPS) is 9.27. The minimum atomic E-state index is 0.481. The van der Waals surface area contributed by atoms with Crippen molar-refractivity contribution in [1.29, 1.82) is 0 Å². The van der Waals surface area contributed by atoms with Gasteiger partial charge in [0, 0.05) is 44.0 Å². The Morgan fingerprint density at radius 3 is 2.09 bits per heavy atom. The van der Waals surface area contributed by atoms with Gasteiger partial charge in [-0.2, -0.15) is 0 Å². The van der Waals surface area contributed by atoms with Gasteiger partial charge in [0.2, 0.25) is 0 Å². The summed E-state index contributed by atoms with van der Waals surface area (Å²) in [6, 6.07) is 7.22. The molecule has 0 aliphatic carbocycles. The molecule has 0 aliphatic heterocycles. The third kappa shape index (κ3) is 1.80. The van der Waals surface area contributed by atoms with Crippen LogP contribution in [-0.4, -0.2) is 0 Å². The van der Waals surface area contributed by atoms with E-state index < -0.39 is 0 Å². The first-order valence-corrected chi connectivity index (χ1v) is 3.48. The summed E-state index contributed by atoms with van der Waals surface area (Å²) in [6.07, 6.45) is 0. The lowest BCUT2D eigenvalue weighted by molar-refractivity contribution is 1.15. The van der Waals surface area contributed by atoms with Gasteiger partial charge < -0.3 is 0 Å². The molecule has 0 unspecified atom stereocenters. The van der Waals surface area contributed by atoms with Crippen LogP contribution in [0.15, 0.2) is 29.4 Å². The summed E-state index contributed by atoms with van der Waals surface area (Å²) in [5.74, 6) is 1.24. The molecule has 0 fully saturated rings. The molecule has 0 spiro atoms. The standard InChI is InChI=1S/C9H10NO/c1-7(2)8-3-5-9(10-11)6-4-8/h3-6H,1-2H3/q+1. The molecule has 1 aromatic carbocycles. The van der Waals surface area contributed by atoms with Crippen molar-refractivity contribution in [2.75, 3.05) is 0 Å². The van der Waals surface area contributed by atoms with Crippen molar-refractivity contribution in [2.24, 2.45) is 5.18 Å². The third-order valence-corrected chi connectivity index (χ3v) is 1.55. The van der Waals surface area contributed by atoms with E-state index in [-0.39, 0.29) is 0 Å². The molecular formula is C9H10NO+. The molecule has 1 rings (SSSR count). The van der Waals surface area contributed by atoms with E-state index in [0.29, 0.717) is 5.69 Å². The van der Waals surface area contributed by atoms with E-state index in [9.17, 15) is 4.91 Å². The van der Waals surface area contributed by atoms with Crippen LogP contribution in [-0.2, 0) is 0 Å².